The summed E-state index contributed by atoms with van der Waals surface area (Å²) in [6.07, 6.45) is 0. The summed E-state index contributed by atoms with van der Waals surface area (Å²) in [5.74, 6) is -0.637. The van der Waals surface area contributed by atoms with E-state index in [-0.39, 0.29) is 23.9 Å². The number of rotatable bonds is 5. The van der Waals surface area contributed by atoms with Gasteiger partial charge in [-0.05, 0) is 25.1 Å². The van der Waals surface area contributed by atoms with Gasteiger partial charge in [-0.3, -0.25) is 0 Å². The van der Waals surface area contributed by atoms with Crippen LogP contribution in [-0.2, 0) is 4.74 Å². The van der Waals surface area contributed by atoms with Gasteiger partial charge < -0.3 is 19.3 Å². The second-order valence-electron chi connectivity index (χ2n) is 6.93. The van der Waals surface area contributed by atoms with Crippen LogP contribution in [0.15, 0.2) is 42.5 Å². The fourth-order valence-corrected chi connectivity index (χ4v) is 3.74. The van der Waals surface area contributed by atoms with E-state index in [4.69, 9.17) is 9.47 Å². The average Bonchev–Trinajstić information content (AvgIpc) is 2.78. The lowest BCUT2D eigenvalue weighted by molar-refractivity contribution is 0.0519. The van der Waals surface area contributed by atoms with Crippen molar-refractivity contribution in [2.75, 3.05) is 49.7 Å². The van der Waals surface area contributed by atoms with Crippen molar-refractivity contribution in [3.8, 4) is 5.75 Å². The van der Waals surface area contributed by atoms with E-state index in [2.05, 4.69) is 20.0 Å². The largest absolute Gasteiger partial charge is 0.494 e. The van der Waals surface area contributed by atoms with Gasteiger partial charge in [-0.2, -0.15) is 0 Å². The number of carbonyl (C=O) groups excluding carboxylic acids is 1. The van der Waals surface area contributed by atoms with Crippen LogP contribution in [0, 0.1) is 5.82 Å². The third-order valence-corrected chi connectivity index (χ3v) is 5.21. The summed E-state index contributed by atoms with van der Waals surface area (Å²) in [4.78, 5) is 16.8. The van der Waals surface area contributed by atoms with Crippen molar-refractivity contribution in [1.29, 1.82) is 0 Å². The number of halogens is 1. The molecule has 0 spiro atoms. The quantitative estimate of drug-likeness (QED) is 0.598. The molecule has 4 rings (SSSR count). The molecule has 0 saturated carbocycles. The number of nitrogens with zero attached hydrogens (tertiary/aromatic N) is 4. The van der Waals surface area contributed by atoms with Crippen molar-refractivity contribution < 1.29 is 18.7 Å². The molecule has 7 nitrogen and oxygen atoms in total. The Hall–Kier alpha value is -3.42. The zero-order chi connectivity index (χ0) is 21.1. The first-order valence-electron chi connectivity index (χ1n) is 9.88. The van der Waals surface area contributed by atoms with Gasteiger partial charge in [0.1, 0.15) is 0 Å². The van der Waals surface area contributed by atoms with Crippen LogP contribution in [0.3, 0.4) is 0 Å². The van der Waals surface area contributed by atoms with E-state index in [1.165, 1.54) is 13.2 Å². The molecule has 30 heavy (non-hydrogen) atoms. The lowest BCUT2D eigenvalue weighted by Crippen LogP contribution is -2.47. The van der Waals surface area contributed by atoms with Crippen LogP contribution in [0.4, 0.5) is 15.8 Å². The number of hydrogen-bond acceptors (Lipinski definition) is 7. The smallest absolute Gasteiger partial charge is 0.361 e. The molecule has 1 aliphatic rings. The number of esters is 1. The first-order valence-corrected chi connectivity index (χ1v) is 9.88. The highest BCUT2D eigenvalue weighted by atomic mass is 19.1. The summed E-state index contributed by atoms with van der Waals surface area (Å²) >= 11 is 0. The molecular formula is C22H23FN4O3. The predicted octanol–water partition coefficient (Wildman–Crippen LogP) is 3.28. The van der Waals surface area contributed by atoms with Gasteiger partial charge in [0.2, 0.25) is 0 Å². The molecule has 8 heteroatoms. The van der Waals surface area contributed by atoms with Crippen molar-refractivity contribution in [3.05, 3.63) is 54.0 Å². The van der Waals surface area contributed by atoms with Crippen LogP contribution in [0.5, 0.6) is 5.75 Å². The number of benzene rings is 2. The van der Waals surface area contributed by atoms with Gasteiger partial charge in [-0.15, -0.1) is 10.2 Å². The highest BCUT2D eigenvalue weighted by molar-refractivity contribution is 6.03. The Morgan fingerprint density at radius 3 is 2.50 bits per heavy atom. The van der Waals surface area contributed by atoms with Crippen LogP contribution in [0.25, 0.3) is 10.9 Å². The fraction of sp³-hybridized carbons (Fsp3) is 0.318. The number of methoxy groups -OCH3 is 1. The molecule has 0 unspecified atom stereocenters. The van der Waals surface area contributed by atoms with Crippen LogP contribution in [-0.4, -0.2) is 56.1 Å². The van der Waals surface area contributed by atoms with Crippen molar-refractivity contribution in [3.63, 3.8) is 0 Å². The van der Waals surface area contributed by atoms with E-state index < -0.39 is 5.97 Å². The maximum absolute atomic E-state index is 14.1. The number of aromatic nitrogens is 2. The normalized spacial score (nSPS) is 14.1. The topological polar surface area (TPSA) is 67.8 Å². The summed E-state index contributed by atoms with van der Waals surface area (Å²) in [6, 6.07) is 12.6. The molecule has 1 aliphatic heterocycles. The lowest BCUT2D eigenvalue weighted by atomic mass is 10.1. The van der Waals surface area contributed by atoms with E-state index in [0.717, 1.165) is 22.3 Å². The first-order chi connectivity index (χ1) is 14.6. The van der Waals surface area contributed by atoms with Crippen molar-refractivity contribution >= 4 is 28.2 Å². The molecule has 0 atom stereocenters. The summed E-state index contributed by atoms with van der Waals surface area (Å²) in [5, 5.41) is 9.21. The van der Waals surface area contributed by atoms with Crippen LogP contribution >= 0.6 is 0 Å². The Kier molecular flexibility index (Phi) is 5.65. The molecule has 1 aromatic heterocycles. The average molecular weight is 410 g/mol. The maximum atomic E-state index is 14.1. The number of anilines is 2. The van der Waals surface area contributed by atoms with Gasteiger partial charge in [-0.1, -0.05) is 18.2 Å². The Labute approximate surface area is 174 Å². The molecule has 0 bridgehead atoms. The van der Waals surface area contributed by atoms with Gasteiger partial charge in [-0.25, -0.2) is 9.18 Å². The Morgan fingerprint density at radius 1 is 1.07 bits per heavy atom. The van der Waals surface area contributed by atoms with Crippen LogP contribution in [0.1, 0.15) is 17.4 Å². The molecule has 3 aromatic rings. The van der Waals surface area contributed by atoms with Crippen LogP contribution in [0.2, 0.25) is 0 Å². The molecule has 0 radical (unpaired) electrons. The summed E-state index contributed by atoms with van der Waals surface area (Å²) in [6.45, 7) is 4.67. The second-order valence-corrected chi connectivity index (χ2v) is 6.93. The SMILES string of the molecule is CCOC(=O)c1nnc2ccccc2c1N1CCN(c2ccc(OC)c(F)c2)CC1. The minimum atomic E-state index is -0.481. The molecule has 0 aliphatic carbocycles. The molecule has 0 N–H and O–H groups in total. The maximum Gasteiger partial charge on any atom is 0.361 e. The summed E-state index contributed by atoms with van der Waals surface area (Å²) in [7, 11) is 1.45. The second kappa shape index (κ2) is 8.52. The number of fused-ring (bicyclic) bond motifs is 1. The van der Waals surface area contributed by atoms with E-state index in [1.807, 2.05) is 30.3 Å². The molecule has 156 valence electrons. The standard InChI is InChI=1S/C22H23FN4O3/c1-3-30-22(28)20-21(16-6-4-5-7-18(16)24-25-20)27-12-10-26(11-13-27)15-8-9-19(29-2)17(23)14-15/h4-9,14H,3,10-13H2,1-2H3. The van der Waals surface area contributed by atoms with Crippen molar-refractivity contribution in [2.45, 2.75) is 6.92 Å². The predicted molar refractivity (Wildman–Crippen MR) is 113 cm³/mol. The molecule has 0 amide bonds. The van der Waals surface area contributed by atoms with Gasteiger partial charge in [0.25, 0.3) is 0 Å². The van der Waals surface area contributed by atoms with Gasteiger partial charge in [0.15, 0.2) is 17.3 Å². The van der Waals surface area contributed by atoms with Gasteiger partial charge in [0.05, 0.1) is 24.9 Å². The lowest BCUT2D eigenvalue weighted by Gasteiger charge is -2.38. The Balaban J connectivity index is 1.62. The van der Waals surface area contributed by atoms with Crippen molar-refractivity contribution in [2.24, 2.45) is 0 Å². The number of hydrogen-bond donors (Lipinski definition) is 0. The highest BCUT2D eigenvalue weighted by Gasteiger charge is 2.26. The minimum Gasteiger partial charge on any atom is -0.494 e. The van der Waals surface area contributed by atoms with E-state index in [0.29, 0.717) is 26.2 Å². The zero-order valence-corrected chi connectivity index (χ0v) is 17.0. The third kappa shape index (κ3) is 3.72. The first kappa shape index (κ1) is 19.9. The molecule has 2 aromatic carbocycles. The summed E-state index contributed by atoms with van der Waals surface area (Å²) < 4.78 is 24.3. The van der Waals surface area contributed by atoms with Gasteiger partial charge in [0, 0.05) is 43.3 Å². The monoisotopic (exact) mass is 410 g/mol. The van der Waals surface area contributed by atoms with E-state index in [1.54, 1.807) is 13.0 Å². The Morgan fingerprint density at radius 2 is 1.80 bits per heavy atom. The van der Waals surface area contributed by atoms with Gasteiger partial charge >= 0.3 is 5.97 Å². The summed E-state index contributed by atoms with van der Waals surface area (Å²) in [5.41, 5.74) is 2.48. The number of piperazine rings is 1. The number of ether oxygens (including phenoxy) is 2. The van der Waals surface area contributed by atoms with Crippen LogP contribution < -0.4 is 14.5 Å². The molecule has 1 fully saturated rings. The Bertz CT molecular complexity index is 1070. The third-order valence-electron chi connectivity index (χ3n) is 5.21. The minimum absolute atomic E-state index is 0.222. The fourth-order valence-electron chi connectivity index (χ4n) is 3.74. The molecular weight excluding hydrogens is 387 g/mol. The highest BCUT2D eigenvalue weighted by Crippen LogP contribution is 2.31. The van der Waals surface area contributed by atoms with E-state index in [9.17, 15) is 9.18 Å². The molecule has 2 heterocycles. The van der Waals surface area contributed by atoms with E-state index >= 15 is 0 Å². The number of carbonyl (C=O) groups is 1. The van der Waals surface area contributed by atoms with Crippen molar-refractivity contribution in [1.82, 2.24) is 10.2 Å². The molecule has 1 saturated heterocycles. The zero-order valence-electron chi connectivity index (χ0n) is 17.0.